The summed E-state index contributed by atoms with van der Waals surface area (Å²) in [6.07, 6.45) is 1.16. The molecule has 0 bridgehead atoms. The van der Waals surface area contributed by atoms with E-state index in [9.17, 15) is 0 Å². The Hall–Kier alpha value is -2.60. The highest BCUT2D eigenvalue weighted by Gasteiger charge is 2.52. The van der Waals surface area contributed by atoms with Gasteiger partial charge in [0.25, 0.3) is 0 Å². The van der Waals surface area contributed by atoms with E-state index >= 15 is 0 Å². The van der Waals surface area contributed by atoms with E-state index in [1.165, 1.54) is 39.0 Å². The summed E-state index contributed by atoms with van der Waals surface area (Å²) >= 11 is 0. The molecule has 0 aromatic heterocycles. The second kappa shape index (κ2) is 5.20. The monoisotopic (exact) mass is 322 g/mol. The third-order valence-corrected chi connectivity index (χ3v) is 6.36. The van der Waals surface area contributed by atoms with Crippen molar-refractivity contribution in [2.45, 2.75) is 25.7 Å². The number of allylic oxidation sites excluding steroid dienone is 1. The summed E-state index contributed by atoms with van der Waals surface area (Å²) in [6.45, 7) is 4.79. The summed E-state index contributed by atoms with van der Waals surface area (Å²) < 4.78 is 0. The third-order valence-electron chi connectivity index (χ3n) is 6.36. The van der Waals surface area contributed by atoms with Crippen molar-refractivity contribution in [2.24, 2.45) is 5.92 Å². The summed E-state index contributed by atoms with van der Waals surface area (Å²) in [5, 5.41) is 0. The maximum Gasteiger partial charge on any atom is 0.0455 e. The summed E-state index contributed by atoms with van der Waals surface area (Å²) in [4.78, 5) is 0. The Morgan fingerprint density at radius 2 is 1.40 bits per heavy atom. The lowest BCUT2D eigenvalue weighted by Gasteiger charge is -2.34. The topological polar surface area (TPSA) is 0 Å². The van der Waals surface area contributed by atoms with Crippen molar-refractivity contribution in [3.8, 4) is 0 Å². The lowest BCUT2D eigenvalue weighted by atomic mass is 9.68. The molecule has 3 aromatic rings. The maximum absolute atomic E-state index is 2.42. The van der Waals surface area contributed by atoms with Crippen LogP contribution in [0.3, 0.4) is 0 Å². The molecule has 2 unspecified atom stereocenters. The van der Waals surface area contributed by atoms with Crippen molar-refractivity contribution in [1.29, 1.82) is 0 Å². The van der Waals surface area contributed by atoms with E-state index in [1.54, 1.807) is 0 Å². The summed E-state index contributed by atoms with van der Waals surface area (Å²) in [7, 11) is 0. The van der Waals surface area contributed by atoms with Gasteiger partial charge in [0, 0.05) is 5.41 Å². The Bertz CT molecular complexity index is 993. The first-order valence-corrected chi connectivity index (χ1v) is 9.19. The molecule has 0 fully saturated rings. The van der Waals surface area contributed by atoms with Crippen molar-refractivity contribution < 1.29 is 0 Å². The molecule has 0 saturated heterocycles. The summed E-state index contributed by atoms with van der Waals surface area (Å²) in [6, 6.07) is 29.0. The molecule has 0 heterocycles. The van der Waals surface area contributed by atoms with E-state index in [1.807, 2.05) is 0 Å². The van der Waals surface area contributed by atoms with E-state index < -0.39 is 0 Å². The van der Waals surface area contributed by atoms with Crippen LogP contribution in [0.4, 0.5) is 0 Å². The van der Waals surface area contributed by atoms with Gasteiger partial charge in [0.05, 0.1) is 0 Å². The second-order valence-electron chi connectivity index (χ2n) is 7.48. The van der Waals surface area contributed by atoms with Crippen LogP contribution in [-0.2, 0) is 11.8 Å². The van der Waals surface area contributed by atoms with Crippen LogP contribution >= 0.6 is 0 Å². The van der Waals surface area contributed by atoms with Gasteiger partial charge in [-0.3, -0.25) is 0 Å². The summed E-state index contributed by atoms with van der Waals surface area (Å²) in [5.74, 6) is 0.576. The molecule has 0 radical (unpaired) electrons. The van der Waals surface area contributed by atoms with Crippen LogP contribution in [0.5, 0.6) is 0 Å². The normalized spacial score (nSPS) is 23.8. The number of hydrogen-bond acceptors (Lipinski definition) is 0. The molecule has 0 heteroatoms. The van der Waals surface area contributed by atoms with Crippen LogP contribution in [0.2, 0.25) is 0 Å². The van der Waals surface area contributed by atoms with Crippen molar-refractivity contribution in [1.82, 2.24) is 0 Å². The molecule has 2 atom stereocenters. The number of fused-ring (bicyclic) bond motifs is 4. The molecule has 122 valence electrons. The molecule has 1 spiro atoms. The lowest BCUT2D eigenvalue weighted by molar-refractivity contribution is 0.441. The zero-order valence-electron chi connectivity index (χ0n) is 14.8. The molecule has 0 N–H and O–H groups in total. The van der Waals surface area contributed by atoms with Crippen molar-refractivity contribution in [3.05, 3.63) is 112 Å². The third kappa shape index (κ3) is 1.77. The van der Waals surface area contributed by atoms with Crippen molar-refractivity contribution >= 4 is 5.57 Å². The van der Waals surface area contributed by atoms with Gasteiger partial charge in [-0.1, -0.05) is 85.8 Å². The predicted molar refractivity (Wildman–Crippen MR) is 105 cm³/mol. The van der Waals surface area contributed by atoms with E-state index in [4.69, 9.17) is 0 Å². The highest BCUT2D eigenvalue weighted by atomic mass is 14.5. The average Bonchev–Trinajstić information content (AvgIpc) is 3.10. The Labute approximate surface area is 149 Å². The predicted octanol–water partition coefficient (Wildman–Crippen LogP) is 6.00. The first-order valence-electron chi connectivity index (χ1n) is 9.19. The molecule has 0 aliphatic heterocycles. The van der Waals surface area contributed by atoms with Crippen molar-refractivity contribution in [3.63, 3.8) is 0 Å². The van der Waals surface area contributed by atoms with Gasteiger partial charge in [-0.05, 0) is 58.2 Å². The minimum Gasteiger partial charge on any atom is -0.0622 e. The fourth-order valence-corrected chi connectivity index (χ4v) is 5.44. The van der Waals surface area contributed by atoms with Crippen molar-refractivity contribution in [2.75, 3.05) is 0 Å². The lowest BCUT2D eigenvalue weighted by Crippen LogP contribution is -2.31. The summed E-state index contributed by atoms with van der Waals surface area (Å²) in [5.41, 5.74) is 10.2. The van der Waals surface area contributed by atoms with Gasteiger partial charge in [-0.15, -0.1) is 0 Å². The zero-order chi connectivity index (χ0) is 17.0. The first kappa shape index (κ1) is 14.7. The minimum atomic E-state index is 0.0262. The standard InChI is InChI=1S/C25H22/c1-17-16-20-12-6-8-14-22(20)25(17)18(2)24(19-10-4-3-5-11-19)21-13-7-9-15-23(21)25/h3-15,17H,16H2,1-2H3. The van der Waals surface area contributed by atoms with Gasteiger partial charge in [0.1, 0.15) is 0 Å². The second-order valence-corrected chi connectivity index (χ2v) is 7.48. The molecule has 0 nitrogen and oxygen atoms in total. The first-order chi connectivity index (χ1) is 12.2. The fraction of sp³-hybridized carbons (Fsp3) is 0.200. The van der Waals surface area contributed by atoms with E-state index in [0.717, 1.165) is 6.42 Å². The Balaban J connectivity index is 1.89. The van der Waals surface area contributed by atoms with Gasteiger partial charge in [0.2, 0.25) is 0 Å². The van der Waals surface area contributed by atoms with Gasteiger partial charge in [0.15, 0.2) is 0 Å². The van der Waals surface area contributed by atoms with Gasteiger partial charge >= 0.3 is 0 Å². The minimum absolute atomic E-state index is 0.0262. The average molecular weight is 322 g/mol. The number of hydrogen-bond donors (Lipinski definition) is 0. The van der Waals surface area contributed by atoms with Gasteiger partial charge in [-0.25, -0.2) is 0 Å². The maximum atomic E-state index is 2.42. The molecule has 5 rings (SSSR count). The van der Waals surface area contributed by atoms with Crippen LogP contribution in [-0.4, -0.2) is 0 Å². The largest absolute Gasteiger partial charge is 0.0622 e. The SMILES string of the molecule is CC1=C(c2ccccc2)c2ccccc2C12c1ccccc1CC2C. The molecule has 0 amide bonds. The molecular weight excluding hydrogens is 300 g/mol. The van der Waals surface area contributed by atoms with Gasteiger partial charge < -0.3 is 0 Å². The molecule has 3 aromatic carbocycles. The molecule has 0 saturated carbocycles. The smallest absolute Gasteiger partial charge is 0.0455 e. The van der Waals surface area contributed by atoms with E-state index in [0.29, 0.717) is 5.92 Å². The van der Waals surface area contributed by atoms with Crippen LogP contribution in [0.1, 0.15) is 41.7 Å². The molecule has 2 aliphatic carbocycles. The Morgan fingerprint density at radius 3 is 2.20 bits per heavy atom. The van der Waals surface area contributed by atoms with Crippen LogP contribution < -0.4 is 0 Å². The van der Waals surface area contributed by atoms with E-state index in [2.05, 4.69) is 92.7 Å². The number of rotatable bonds is 1. The fourth-order valence-electron chi connectivity index (χ4n) is 5.44. The highest BCUT2D eigenvalue weighted by Crippen LogP contribution is 2.60. The highest BCUT2D eigenvalue weighted by molar-refractivity contribution is 5.91. The quantitative estimate of drug-likeness (QED) is 0.515. The number of benzene rings is 3. The Kier molecular flexibility index (Phi) is 3.06. The molecule has 2 aliphatic rings. The van der Waals surface area contributed by atoms with Crippen LogP contribution in [0, 0.1) is 5.92 Å². The molecular formula is C25H22. The molecule has 25 heavy (non-hydrogen) atoms. The van der Waals surface area contributed by atoms with Gasteiger partial charge in [-0.2, -0.15) is 0 Å². The van der Waals surface area contributed by atoms with Crippen LogP contribution in [0.15, 0.2) is 84.4 Å². The zero-order valence-corrected chi connectivity index (χ0v) is 14.8. The van der Waals surface area contributed by atoms with E-state index in [-0.39, 0.29) is 5.41 Å². The Morgan fingerprint density at radius 1 is 0.760 bits per heavy atom. The van der Waals surface area contributed by atoms with Crippen LogP contribution in [0.25, 0.3) is 5.57 Å².